The number of guanidine groups is 1. The lowest BCUT2D eigenvalue weighted by atomic mass is 10.3. The maximum atomic E-state index is 4.78. The Morgan fingerprint density at radius 1 is 1.26 bits per heavy atom. The van der Waals surface area contributed by atoms with Gasteiger partial charge in [-0.15, -0.1) is 23.1 Å². The number of aliphatic imine (C=N–C) groups is 1. The number of thioether (sulfide) groups is 1. The molecular weight excluding hydrogens is 374 g/mol. The monoisotopic (exact) mass is 403 g/mol. The van der Waals surface area contributed by atoms with Gasteiger partial charge >= 0.3 is 0 Å². The van der Waals surface area contributed by atoms with E-state index in [2.05, 4.69) is 63.2 Å². The van der Waals surface area contributed by atoms with Crippen molar-refractivity contribution >= 4 is 34.2 Å². The molecule has 2 N–H and O–H groups in total. The molecule has 1 aliphatic heterocycles. The Morgan fingerprint density at radius 3 is 2.78 bits per heavy atom. The number of aromatic nitrogens is 1. The highest BCUT2D eigenvalue weighted by Crippen LogP contribution is 2.24. The number of nitrogens with zero attached hydrogens (tertiary/aromatic N) is 3. The molecule has 7 heteroatoms. The summed E-state index contributed by atoms with van der Waals surface area (Å²) in [5.74, 6) is 0.852. The van der Waals surface area contributed by atoms with Crippen LogP contribution in [0, 0.1) is 0 Å². The quantitative estimate of drug-likeness (QED) is 0.400. The van der Waals surface area contributed by atoms with Crippen molar-refractivity contribution in [3.63, 3.8) is 0 Å². The van der Waals surface area contributed by atoms with Crippen molar-refractivity contribution in [2.45, 2.75) is 36.3 Å². The van der Waals surface area contributed by atoms with Gasteiger partial charge in [-0.1, -0.05) is 25.1 Å². The summed E-state index contributed by atoms with van der Waals surface area (Å²) in [5.41, 5.74) is 1.16. The fourth-order valence-electron chi connectivity index (χ4n) is 3.01. The highest BCUT2D eigenvalue weighted by atomic mass is 32.2. The summed E-state index contributed by atoms with van der Waals surface area (Å²) in [7, 11) is 1.82. The number of hydrogen-bond donors (Lipinski definition) is 2. The van der Waals surface area contributed by atoms with Crippen molar-refractivity contribution in [3.05, 3.63) is 41.4 Å². The third-order valence-corrected chi connectivity index (χ3v) is 6.51. The van der Waals surface area contributed by atoms with Gasteiger partial charge in [0.25, 0.3) is 0 Å². The molecule has 1 aromatic heterocycles. The minimum atomic E-state index is 0.465. The lowest BCUT2D eigenvalue weighted by molar-refractivity contribution is 0.774. The Kier molecular flexibility index (Phi) is 7.83. The summed E-state index contributed by atoms with van der Waals surface area (Å²) >= 11 is 3.64. The van der Waals surface area contributed by atoms with E-state index in [1.807, 2.05) is 18.8 Å². The van der Waals surface area contributed by atoms with Gasteiger partial charge < -0.3 is 15.5 Å². The van der Waals surface area contributed by atoms with Gasteiger partial charge in [0.2, 0.25) is 0 Å². The van der Waals surface area contributed by atoms with Crippen LogP contribution in [0.4, 0.5) is 5.13 Å². The first-order chi connectivity index (χ1) is 13.2. The first-order valence-electron chi connectivity index (χ1n) is 9.60. The third kappa shape index (κ3) is 6.43. The van der Waals surface area contributed by atoms with Crippen molar-refractivity contribution in [3.8, 4) is 0 Å². The van der Waals surface area contributed by atoms with E-state index in [9.17, 15) is 0 Å². The van der Waals surface area contributed by atoms with E-state index >= 15 is 0 Å². The van der Waals surface area contributed by atoms with Crippen LogP contribution in [-0.4, -0.2) is 49.4 Å². The van der Waals surface area contributed by atoms with E-state index in [4.69, 9.17) is 4.98 Å². The molecule has 1 saturated heterocycles. The Hall–Kier alpha value is -1.73. The summed E-state index contributed by atoms with van der Waals surface area (Å²) in [5, 5.41) is 10.6. The molecule has 0 bridgehead atoms. The Labute approximate surface area is 170 Å². The van der Waals surface area contributed by atoms with E-state index < -0.39 is 0 Å². The van der Waals surface area contributed by atoms with E-state index in [0.29, 0.717) is 5.25 Å². The van der Waals surface area contributed by atoms with Crippen LogP contribution in [0.25, 0.3) is 0 Å². The average Bonchev–Trinajstić information content (AvgIpc) is 3.37. The number of nitrogens with one attached hydrogen (secondary N) is 2. The third-order valence-electron chi connectivity index (χ3n) is 4.45. The summed E-state index contributed by atoms with van der Waals surface area (Å²) in [6.45, 7) is 6.24. The fraction of sp³-hybridized carbons (Fsp3) is 0.500. The van der Waals surface area contributed by atoms with Crippen molar-refractivity contribution in [1.29, 1.82) is 0 Å². The van der Waals surface area contributed by atoms with Gasteiger partial charge in [0, 0.05) is 55.2 Å². The summed E-state index contributed by atoms with van der Waals surface area (Å²) in [6.07, 6.45) is 3.50. The van der Waals surface area contributed by atoms with Gasteiger partial charge in [-0.2, -0.15) is 0 Å². The molecule has 146 valence electrons. The largest absolute Gasteiger partial charge is 0.356 e. The normalized spacial score (nSPS) is 15.8. The molecule has 1 aliphatic rings. The summed E-state index contributed by atoms with van der Waals surface area (Å²) in [6, 6.07) is 10.5. The number of thiazole rings is 1. The maximum Gasteiger partial charge on any atom is 0.191 e. The highest BCUT2D eigenvalue weighted by Gasteiger charge is 2.15. The van der Waals surface area contributed by atoms with Crippen molar-refractivity contribution in [2.75, 3.05) is 38.1 Å². The topological polar surface area (TPSA) is 52.6 Å². The second kappa shape index (κ2) is 10.6. The molecule has 0 amide bonds. The molecule has 1 aromatic carbocycles. The van der Waals surface area contributed by atoms with Gasteiger partial charge in [0.1, 0.15) is 0 Å². The summed E-state index contributed by atoms with van der Waals surface area (Å²) < 4.78 is 0. The number of hydrogen-bond acceptors (Lipinski definition) is 5. The molecule has 2 aromatic rings. The molecule has 1 unspecified atom stereocenters. The van der Waals surface area contributed by atoms with E-state index in [1.54, 1.807) is 11.3 Å². The number of anilines is 1. The lowest BCUT2D eigenvalue weighted by Crippen LogP contribution is -2.40. The van der Waals surface area contributed by atoms with Crippen LogP contribution in [0.2, 0.25) is 0 Å². The van der Waals surface area contributed by atoms with Crippen LogP contribution in [0.3, 0.4) is 0 Å². The lowest BCUT2D eigenvalue weighted by Gasteiger charge is -2.15. The first-order valence-corrected chi connectivity index (χ1v) is 11.4. The Morgan fingerprint density at radius 2 is 2.04 bits per heavy atom. The zero-order chi connectivity index (χ0) is 18.9. The predicted molar refractivity (Wildman–Crippen MR) is 118 cm³/mol. The molecular formula is C20H29N5S2. The van der Waals surface area contributed by atoms with E-state index in [-0.39, 0.29) is 0 Å². The molecule has 0 radical (unpaired) electrons. The highest BCUT2D eigenvalue weighted by molar-refractivity contribution is 8.00. The van der Waals surface area contributed by atoms with Crippen LogP contribution in [-0.2, 0) is 6.42 Å². The molecule has 2 heterocycles. The zero-order valence-corrected chi connectivity index (χ0v) is 17.8. The van der Waals surface area contributed by atoms with Crippen LogP contribution in [0.15, 0.2) is 45.6 Å². The summed E-state index contributed by atoms with van der Waals surface area (Å²) in [4.78, 5) is 12.8. The average molecular weight is 404 g/mol. The zero-order valence-electron chi connectivity index (χ0n) is 16.1. The molecule has 1 atom stereocenters. The van der Waals surface area contributed by atoms with Crippen molar-refractivity contribution in [2.24, 2.45) is 4.99 Å². The van der Waals surface area contributed by atoms with Crippen LogP contribution >= 0.6 is 23.1 Å². The molecule has 27 heavy (non-hydrogen) atoms. The number of benzene rings is 1. The van der Waals surface area contributed by atoms with Crippen LogP contribution in [0.1, 0.15) is 25.5 Å². The second-order valence-electron chi connectivity index (χ2n) is 6.69. The van der Waals surface area contributed by atoms with Crippen molar-refractivity contribution < 1.29 is 0 Å². The van der Waals surface area contributed by atoms with Crippen LogP contribution in [0.5, 0.6) is 0 Å². The smallest absolute Gasteiger partial charge is 0.191 e. The predicted octanol–water partition coefficient (Wildman–Crippen LogP) is 3.63. The van der Waals surface area contributed by atoms with Gasteiger partial charge in [-0.25, -0.2) is 4.98 Å². The molecule has 3 rings (SSSR count). The maximum absolute atomic E-state index is 4.78. The molecule has 0 aliphatic carbocycles. The van der Waals surface area contributed by atoms with Gasteiger partial charge in [-0.05, 0) is 25.0 Å². The Balaban J connectivity index is 1.36. The molecule has 1 fully saturated rings. The van der Waals surface area contributed by atoms with E-state index in [0.717, 1.165) is 44.3 Å². The molecule has 0 spiro atoms. The minimum Gasteiger partial charge on any atom is -0.356 e. The molecule has 5 nitrogen and oxygen atoms in total. The van der Waals surface area contributed by atoms with Crippen molar-refractivity contribution in [1.82, 2.24) is 15.6 Å². The second-order valence-corrected chi connectivity index (χ2v) is 9.04. The Bertz CT molecular complexity index is 710. The SMILES string of the molecule is CN=C(NCCc1csc(N2CCCC2)n1)NCC(C)Sc1ccccc1. The van der Waals surface area contributed by atoms with E-state index in [1.165, 1.54) is 22.9 Å². The first kappa shape index (κ1) is 20.0. The van der Waals surface area contributed by atoms with Gasteiger partial charge in [0.05, 0.1) is 5.69 Å². The van der Waals surface area contributed by atoms with Gasteiger partial charge in [0.15, 0.2) is 11.1 Å². The van der Waals surface area contributed by atoms with Crippen LogP contribution < -0.4 is 15.5 Å². The van der Waals surface area contributed by atoms with Gasteiger partial charge in [-0.3, -0.25) is 4.99 Å². The fourth-order valence-corrected chi connectivity index (χ4v) is 4.87. The minimum absolute atomic E-state index is 0.465. The standard InChI is InChI=1S/C20H29N5S2/c1-16(27-18-8-4-3-5-9-18)14-23-19(21-2)22-11-10-17-15-26-20(24-17)25-12-6-7-13-25/h3-5,8-9,15-16H,6-7,10-14H2,1-2H3,(H2,21,22,23). The molecule has 0 saturated carbocycles. The number of rotatable bonds is 8.